The van der Waals surface area contributed by atoms with Crippen LogP contribution in [0.1, 0.15) is 5.56 Å². The summed E-state index contributed by atoms with van der Waals surface area (Å²) in [5.41, 5.74) is 0.172. The van der Waals surface area contributed by atoms with Crippen LogP contribution in [0.15, 0.2) is 12.1 Å². The maximum absolute atomic E-state index is 13.2. The van der Waals surface area contributed by atoms with Crippen LogP contribution in [-0.4, -0.2) is 13.1 Å². The van der Waals surface area contributed by atoms with Gasteiger partial charge in [-0.3, -0.25) is 4.79 Å². The quantitative estimate of drug-likeness (QED) is 0.583. The Kier molecular flexibility index (Phi) is 3.72. The lowest BCUT2D eigenvalue weighted by Crippen LogP contribution is -2.06. The molecule has 0 heterocycles. The van der Waals surface area contributed by atoms with Gasteiger partial charge in [-0.05, 0) is 12.1 Å². The minimum Gasteiger partial charge on any atom is -0.469 e. The van der Waals surface area contributed by atoms with E-state index in [0.29, 0.717) is 0 Å². The molecule has 0 saturated carbocycles. The van der Waals surface area contributed by atoms with Crippen LogP contribution in [0.4, 0.5) is 4.39 Å². The smallest absolute Gasteiger partial charge is 0.310 e. The van der Waals surface area contributed by atoms with Gasteiger partial charge in [0.25, 0.3) is 0 Å². The van der Waals surface area contributed by atoms with E-state index >= 15 is 0 Å². The molecule has 0 bridgehead atoms. The van der Waals surface area contributed by atoms with Gasteiger partial charge in [0.05, 0.1) is 23.6 Å². The van der Waals surface area contributed by atoms with Gasteiger partial charge in [0.1, 0.15) is 5.82 Å². The van der Waals surface area contributed by atoms with Gasteiger partial charge in [0.15, 0.2) is 0 Å². The maximum atomic E-state index is 13.2. The predicted octanol–water partition coefficient (Wildman–Crippen LogP) is 2.85. The van der Waals surface area contributed by atoms with E-state index in [0.717, 1.165) is 6.07 Å². The summed E-state index contributed by atoms with van der Waals surface area (Å²) in [5.74, 6) is -1.09. The second kappa shape index (κ2) is 4.62. The van der Waals surface area contributed by atoms with Gasteiger partial charge in [-0.2, -0.15) is 0 Å². The largest absolute Gasteiger partial charge is 0.469 e. The number of hydrogen-bond donors (Lipinski definition) is 0. The van der Waals surface area contributed by atoms with E-state index in [1.807, 2.05) is 0 Å². The standard InChI is InChI=1S/C9H7Cl2FO2/c1-14-9(13)3-5-2-6(10)7(11)4-8(5)12/h2,4H,3H2,1H3. The first-order valence-corrected chi connectivity index (χ1v) is 4.50. The molecule has 76 valence electrons. The molecule has 1 aromatic rings. The van der Waals surface area contributed by atoms with E-state index in [-0.39, 0.29) is 22.0 Å². The van der Waals surface area contributed by atoms with Crippen molar-refractivity contribution in [3.8, 4) is 0 Å². The molecule has 0 spiro atoms. The molecular weight excluding hydrogens is 230 g/mol. The third kappa shape index (κ3) is 2.59. The Morgan fingerprint density at radius 2 is 2.00 bits per heavy atom. The number of benzene rings is 1. The molecule has 0 aliphatic rings. The molecule has 5 heteroatoms. The summed E-state index contributed by atoms with van der Waals surface area (Å²) in [6.45, 7) is 0. The number of esters is 1. The normalized spacial score (nSPS) is 10.0. The molecule has 0 aliphatic heterocycles. The van der Waals surface area contributed by atoms with Crippen molar-refractivity contribution in [1.29, 1.82) is 0 Å². The van der Waals surface area contributed by atoms with Gasteiger partial charge < -0.3 is 4.74 Å². The molecule has 2 nitrogen and oxygen atoms in total. The summed E-state index contributed by atoms with van der Waals surface area (Å²) in [7, 11) is 1.23. The minimum atomic E-state index is -0.565. The summed E-state index contributed by atoms with van der Waals surface area (Å²) >= 11 is 11.2. The number of carbonyl (C=O) groups excluding carboxylic acids is 1. The number of hydrogen-bond acceptors (Lipinski definition) is 2. The summed E-state index contributed by atoms with van der Waals surface area (Å²) in [5, 5.41) is 0.338. The first-order valence-electron chi connectivity index (χ1n) is 3.75. The van der Waals surface area contributed by atoms with Crippen LogP contribution < -0.4 is 0 Å². The lowest BCUT2D eigenvalue weighted by atomic mass is 10.1. The topological polar surface area (TPSA) is 26.3 Å². The number of ether oxygens (including phenoxy) is 1. The van der Waals surface area contributed by atoms with E-state index in [1.165, 1.54) is 13.2 Å². The van der Waals surface area contributed by atoms with Gasteiger partial charge in [0, 0.05) is 5.56 Å². The molecule has 0 fully saturated rings. The van der Waals surface area contributed by atoms with Crippen LogP contribution in [0.2, 0.25) is 10.0 Å². The summed E-state index contributed by atoms with van der Waals surface area (Å²) in [6, 6.07) is 2.39. The third-order valence-electron chi connectivity index (χ3n) is 1.65. The highest BCUT2D eigenvalue weighted by Crippen LogP contribution is 2.25. The molecule has 0 amide bonds. The Bertz CT molecular complexity index is 366. The monoisotopic (exact) mass is 236 g/mol. The van der Waals surface area contributed by atoms with Crippen molar-refractivity contribution in [3.05, 3.63) is 33.6 Å². The minimum absolute atomic E-state index is 0.123. The zero-order valence-corrected chi connectivity index (χ0v) is 8.82. The van der Waals surface area contributed by atoms with Gasteiger partial charge in [0.2, 0.25) is 0 Å². The fourth-order valence-corrected chi connectivity index (χ4v) is 1.26. The molecule has 0 N–H and O–H groups in total. The van der Waals surface area contributed by atoms with Crippen LogP contribution in [0.5, 0.6) is 0 Å². The van der Waals surface area contributed by atoms with E-state index < -0.39 is 11.8 Å². The first-order chi connectivity index (χ1) is 6.54. The highest BCUT2D eigenvalue weighted by Gasteiger charge is 2.11. The number of methoxy groups -OCH3 is 1. The van der Waals surface area contributed by atoms with Crippen LogP contribution in [0.25, 0.3) is 0 Å². The summed E-state index contributed by atoms with van der Waals surface area (Å²) in [4.78, 5) is 10.9. The molecule has 0 radical (unpaired) electrons. The Hall–Kier alpha value is -0.800. The van der Waals surface area contributed by atoms with Crippen molar-refractivity contribution in [1.82, 2.24) is 0 Å². The highest BCUT2D eigenvalue weighted by molar-refractivity contribution is 6.42. The van der Waals surface area contributed by atoms with Crippen LogP contribution in [0.3, 0.4) is 0 Å². The Morgan fingerprint density at radius 3 is 2.57 bits per heavy atom. The van der Waals surface area contributed by atoms with Crippen molar-refractivity contribution in [2.24, 2.45) is 0 Å². The summed E-state index contributed by atoms with van der Waals surface area (Å²) in [6.07, 6.45) is -0.154. The Balaban J connectivity index is 2.98. The second-order valence-corrected chi connectivity index (χ2v) is 3.43. The molecule has 0 aliphatic carbocycles. The summed E-state index contributed by atoms with van der Waals surface area (Å²) < 4.78 is 17.6. The zero-order chi connectivity index (χ0) is 10.7. The SMILES string of the molecule is COC(=O)Cc1cc(Cl)c(Cl)cc1F. The molecular formula is C9H7Cl2FO2. The fourth-order valence-electron chi connectivity index (χ4n) is 0.927. The number of rotatable bonds is 2. The van der Waals surface area contributed by atoms with E-state index in [2.05, 4.69) is 4.74 Å². The lowest BCUT2D eigenvalue weighted by molar-refractivity contribution is -0.139. The van der Waals surface area contributed by atoms with Crippen molar-refractivity contribution in [2.45, 2.75) is 6.42 Å². The molecule has 0 unspecified atom stereocenters. The number of carbonyl (C=O) groups is 1. The van der Waals surface area contributed by atoms with E-state index in [9.17, 15) is 9.18 Å². The van der Waals surface area contributed by atoms with Crippen molar-refractivity contribution < 1.29 is 13.9 Å². The predicted molar refractivity (Wildman–Crippen MR) is 52.1 cm³/mol. The zero-order valence-electron chi connectivity index (χ0n) is 7.31. The van der Waals surface area contributed by atoms with Gasteiger partial charge >= 0.3 is 5.97 Å². The molecule has 1 aromatic carbocycles. The second-order valence-electron chi connectivity index (χ2n) is 2.61. The highest BCUT2D eigenvalue weighted by atomic mass is 35.5. The van der Waals surface area contributed by atoms with Crippen molar-refractivity contribution in [3.63, 3.8) is 0 Å². The van der Waals surface area contributed by atoms with Gasteiger partial charge in [-0.15, -0.1) is 0 Å². The van der Waals surface area contributed by atoms with Crippen LogP contribution >= 0.6 is 23.2 Å². The lowest BCUT2D eigenvalue weighted by Gasteiger charge is -2.03. The van der Waals surface area contributed by atoms with Gasteiger partial charge in [-0.1, -0.05) is 23.2 Å². The van der Waals surface area contributed by atoms with Crippen LogP contribution in [0, 0.1) is 5.82 Å². The van der Waals surface area contributed by atoms with Crippen molar-refractivity contribution >= 4 is 29.2 Å². The van der Waals surface area contributed by atoms with Crippen molar-refractivity contribution in [2.75, 3.05) is 7.11 Å². The van der Waals surface area contributed by atoms with Crippen LogP contribution in [-0.2, 0) is 16.0 Å². The molecule has 0 atom stereocenters. The Labute approximate surface area is 90.6 Å². The maximum Gasteiger partial charge on any atom is 0.310 e. The number of halogens is 3. The first kappa shape index (κ1) is 11.3. The van der Waals surface area contributed by atoms with Gasteiger partial charge in [-0.25, -0.2) is 4.39 Å². The van der Waals surface area contributed by atoms with E-state index in [1.54, 1.807) is 0 Å². The average Bonchev–Trinajstić information content (AvgIpc) is 2.14. The molecule has 0 saturated heterocycles. The fraction of sp³-hybridized carbons (Fsp3) is 0.222. The van der Waals surface area contributed by atoms with E-state index in [4.69, 9.17) is 23.2 Å². The Morgan fingerprint density at radius 1 is 1.43 bits per heavy atom. The molecule has 14 heavy (non-hydrogen) atoms. The average molecular weight is 237 g/mol. The molecule has 0 aromatic heterocycles. The third-order valence-corrected chi connectivity index (χ3v) is 2.37. The molecule has 1 rings (SSSR count).